The summed E-state index contributed by atoms with van der Waals surface area (Å²) in [6.07, 6.45) is 6.56. The zero-order valence-electron chi connectivity index (χ0n) is 11.9. The van der Waals surface area contributed by atoms with Gasteiger partial charge in [0.15, 0.2) is 0 Å². The molecule has 0 aromatic carbocycles. The molecule has 2 heterocycles. The van der Waals surface area contributed by atoms with Gasteiger partial charge in [0.05, 0.1) is 5.60 Å². The van der Waals surface area contributed by atoms with E-state index in [4.69, 9.17) is 9.47 Å². The number of ether oxygens (including phenoxy) is 2. The number of aromatic nitrogens is 1. The molecule has 19 heavy (non-hydrogen) atoms. The van der Waals surface area contributed by atoms with Gasteiger partial charge in [-0.2, -0.15) is 0 Å². The number of hydrogen-bond donors (Lipinski definition) is 1. The van der Waals surface area contributed by atoms with Crippen molar-refractivity contribution in [1.29, 1.82) is 0 Å². The summed E-state index contributed by atoms with van der Waals surface area (Å²) < 4.78 is 11.4. The van der Waals surface area contributed by atoms with Crippen LogP contribution in [0.15, 0.2) is 24.5 Å². The Kier molecular flexibility index (Phi) is 5.31. The van der Waals surface area contributed by atoms with Gasteiger partial charge in [0.2, 0.25) is 0 Å². The van der Waals surface area contributed by atoms with E-state index in [1.165, 1.54) is 5.56 Å². The molecule has 0 amide bonds. The average Bonchev–Trinajstić information content (AvgIpc) is 2.48. The van der Waals surface area contributed by atoms with Crippen molar-refractivity contribution < 1.29 is 9.47 Å². The fourth-order valence-electron chi connectivity index (χ4n) is 2.86. The highest BCUT2D eigenvalue weighted by atomic mass is 16.5. The summed E-state index contributed by atoms with van der Waals surface area (Å²) in [4.78, 5) is 4.08. The summed E-state index contributed by atoms with van der Waals surface area (Å²) in [6, 6.07) is 4.47. The fraction of sp³-hybridized carbons (Fsp3) is 0.667. The second-order valence-corrected chi connectivity index (χ2v) is 5.05. The Hall–Kier alpha value is -0.970. The molecule has 2 rings (SSSR count). The molecule has 0 saturated carbocycles. The van der Waals surface area contributed by atoms with Gasteiger partial charge in [-0.3, -0.25) is 4.98 Å². The lowest BCUT2D eigenvalue weighted by Gasteiger charge is -2.42. The van der Waals surface area contributed by atoms with Crippen molar-refractivity contribution in [3.8, 4) is 0 Å². The number of likely N-dealkylation sites (N-methyl/N-ethyl adjacent to an activating group) is 1. The molecule has 0 radical (unpaired) electrons. The van der Waals surface area contributed by atoms with Crippen LogP contribution in [0, 0.1) is 0 Å². The van der Waals surface area contributed by atoms with Crippen molar-refractivity contribution in [3.05, 3.63) is 30.1 Å². The molecule has 4 heteroatoms. The summed E-state index contributed by atoms with van der Waals surface area (Å²) in [5, 5.41) is 3.59. The van der Waals surface area contributed by atoms with Crippen LogP contribution >= 0.6 is 0 Å². The van der Waals surface area contributed by atoms with Crippen LogP contribution in [-0.2, 0) is 15.9 Å². The van der Waals surface area contributed by atoms with Crippen LogP contribution in [0.2, 0.25) is 0 Å². The van der Waals surface area contributed by atoms with Gasteiger partial charge < -0.3 is 14.8 Å². The molecule has 1 aliphatic rings. The van der Waals surface area contributed by atoms with Gasteiger partial charge in [-0.25, -0.2) is 0 Å². The van der Waals surface area contributed by atoms with E-state index in [1.54, 1.807) is 0 Å². The quantitative estimate of drug-likeness (QED) is 0.851. The minimum atomic E-state index is -0.114. The van der Waals surface area contributed by atoms with Crippen molar-refractivity contribution >= 4 is 0 Å². The number of hydrogen-bond acceptors (Lipinski definition) is 4. The number of rotatable bonds is 6. The highest BCUT2D eigenvalue weighted by Crippen LogP contribution is 2.30. The summed E-state index contributed by atoms with van der Waals surface area (Å²) in [7, 11) is 1.82. The standard InChI is InChI=1S/C15H24N2O2/c1-3-17-14(12-13-4-8-16-9-5-13)15(18-2)6-10-19-11-7-15/h4-5,8-9,14,17H,3,6-7,10-12H2,1-2H3. The molecule has 1 aromatic heterocycles. The predicted octanol–water partition coefficient (Wildman–Crippen LogP) is 1.80. The van der Waals surface area contributed by atoms with Gasteiger partial charge >= 0.3 is 0 Å². The smallest absolute Gasteiger partial charge is 0.0877 e. The second-order valence-electron chi connectivity index (χ2n) is 5.05. The van der Waals surface area contributed by atoms with E-state index in [2.05, 4.69) is 29.4 Å². The summed E-state index contributed by atoms with van der Waals surface area (Å²) in [5.74, 6) is 0. The van der Waals surface area contributed by atoms with Crippen molar-refractivity contribution in [2.24, 2.45) is 0 Å². The predicted molar refractivity (Wildman–Crippen MR) is 75.2 cm³/mol. The maximum absolute atomic E-state index is 5.91. The van der Waals surface area contributed by atoms with Gasteiger partial charge in [0, 0.05) is 51.6 Å². The van der Waals surface area contributed by atoms with Crippen molar-refractivity contribution in [2.45, 2.75) is 37.8 Å². The Labute approximate surface area is 115 Å². The zero-order valence-corrected chi connectivity index (χ0v) is 11.9. The Balaban J connectivity index is 2.13. The molecule has 0 bridgehead atoms. The van der Waals surface area contributed by atoms with Crippen LogP contribution in [0.25, 0.3) is 0 Å². The zero-order chi connectivity index (χ0) is 13.6. The van der Waals surface area contributed by atoms with Gasteiger partial charge in [-0.15, -0.1) is 0 Å². The molecular weight excluding hydrogens is 240 g/mol. The number of nitrogens with one attached hydrogen (secondary N) is 1. The van der Waals surface area contributed by atoms with E-state index >= 15 is 0 Å². The lowest BCUT2D eigenvalue weighted by atomic mass is 9.82. The number of methoxy groups -OCH3 is 1. The third-order valence-electron chi connectivity index (χ3n) is 4.02. The number of nitrogens with zero attached hydrogens (tertiary/aromatic N) is 1. The summed E-state index contributed by atoms with van der Waals surface area (Å²) >= 11 is 0. The minimum Gasteiger partial charge on any atom is -0.381 e. The van der Waals surface area contributed by atoms with Gasteiger partial charge in [0.1, 0.15) is 0 Å². The van der Waals surface area contributed by atoms with Gasteiger partial charge in [-0.05, 0) is 30.7 Å². The molecular formula is C15H24N2O2. The van der Waals surface area contributed by atoms with Crippen molar-refractivity contribution in [3.63, 3.8) is 0 Å². The maximum Gasteiger partial charge on any atom is 0.0877 e. The molecule has 1 aliphatic heterocycles. The maximum atomic E-state index is 5.91. The van der Waals surface area contributed by atoms with E-state index < -0.39 is 0 Å². The van der Waals surface area contributed by atoms with E-state index in [9.17, 15) is 0 Å². The lowest BCUT2D eigenvalue weighted by Crippen LogP contribution is -2.56. The number of pyridine rings is 1. The first kappa shape index (κ1) is 14.4. The topological polar surface area (TPSA) is 43.4 Å². The van der Waals surface area contributed by atoms with Crippen molar-refractivity contribution in [1.82, 2.24) is 10.3 Å². The Bertz CT molecular complexity index is 364. The van der Waals surface area contributed by atoms with Crippen LogP contribution in [-0.4, -0.2) is 43.5 Å². The molecule has 1 saturated heterocycles. The molecule has 0 aliphatic carbocycles. The lowest BCUT2D eigenvalue weighted by molar-refractivity contribution is -0.110. The molecule has 106 valence electrons. The molecule has 1 unspecified atom stereocenters. The highest BCUT2D eigenvalue weighted by Gasteiger charge is 2.40. The van der Waals surface area contributed by atoms with Crippen LogP contribution in [0.1, 0.15) is 25.3 Å². The summed E-state index contributed by atoms with van der Waals surface area (Å²) in [6.45, 7) is 4.65. The summed E-state index contributed by atoms with van der Waals surface area (Å²) in [5.41, 5.74) is 1.18. The first-order valence-electron chi connectivity index (χ1n) is 7.06. The van der Waals surface area contributed by atoms with E-state index in [1.807, 2.05) is 19.5 Å². The van der Waals surface area contributed by atoms with Crippen molar-refractivity contribution in [2.75, 3.05) is 26.9 Å². The Morgan fingerprint density at radius 2 is 2.05 bits per heavy atom. The fourth-order valence-corrected chi connectivity index (χ4v) is 2.86. The third-order valence-corrected chi connectivity index (χ3v) is 4.02. The van der Waals surface area contributed by atoms with E-state index in [0.717, 1.165) is 39.0 Å². The van der Waals surface area contributed by atoms with E-state index in [-0.39, 0.29) is 5.60 Å². The molecule has 1 atom stereocenters. The first-order valence-corrected chi connectivity index (χ1v) is 7.06. The molecule has 4 nitrogen and oxygen atoms in total. The normalized spacial score (nSPS) is 20.1. The third kappa shape index (κ3) is 3.53. The monoisotopic (exact) mass is 264 g/mol. The van der Waals surface area contributed by atoms with Gasteiger partial charge in [0.25, 0.3) is 0 Å². The molecule has 1 N–H and O–H groups in total. The first-order chi connectivity index (χ1) is 9.30. The molecule has 1 aromatic rings. The molecule has 0 spiro atoms. The average molecular weight is 264 g/mol. The largest absolute Gasteiger partial charge is 0.381 e. The van der Waals surface area contributed by atoms with Crippen LogP contribution < -0.4 is 5.32 Å². The Morgan fingerprint density at radius 3 is 2.63 bits per heavy atom. The van der Waals surface area contributed by atoms with Crippen LogP contribution in [0.3, 0.4) is 0 Å². The van der Waals surface area contributed by atoms with Crippen LogP contribution in [0.5, 0.6) is 0 Å². The minimum absolute atomic E-state index is 0.114. The van der Waals surface area contributed by atoms with Crippen LogP contribution in [0.4, 0.5) is 0 Å². The van der Waals surface area contributed by atoms with Gasteiger partial charge in [-0.1, -0.05) is 6.92 Å². The SMILES string of the molecule is CCNC(Cc1ccncc1)C1(OC)CCOCC1. The Morgan fingerprint density at radius 1 is 1.37 bits per heavy atom. The highest BCUT2D eigenvalue weighted by molar-refractivity contribution is 5.14. The second kappa shape index (κ2) is 6.98. The van der Waals surface area contributed by atoms with E-state index in [0.29, 0.717) is 6.04 Å². The molecule has 1 fully saturated rings.